The van der Waals surface area contributed by atoms with Crippen molar-refractivity contribution in [3.63, 3.8) is 0 Å². The van der Waals surface area contributed by atoms with E-state index in [9.17, 15) is 13.6 Å². The Hall–Kier alpha value is -2.53. The molecule has 4 rings (SSSR count). The van der Waals surface area contributed by atoms with E-state index in [0.29, 0.717) is 47.5 Å². The van der Waals surface area contributed by atoms with Crippen LogP contribution in [0.4, 0.5) is 13.9 Å². The zero-order chi connectivity index (χ0) is 23.2. The first-order chi connectivity index (χ1) is 16.0. The fourth-order valence-electron chi connectivity index (χ4n) is 3.58. The zero-order valence-corrected chi connectivity index (χ0v) is 20.3. The number of aromatic nitrogens is 1. The first-order valence-corrected chi connectivity index (χ1v) is 11.5. The highest BCUT2D eigenvalue weighted by atomic mass is 35.5. The molecule has 0 saturated carbocycles. The minimum atomic E-state index is -0.749. The van der Waals surface area contributed by atoms with Crippen molar-refractivity contribution in [1.29, 1.82) is 0 Å². The molecule has 0 aliphatic carbocycles. The number of thiazole rings is 1. The third-order valence-corrected chi connectivity index (χ3v) is 6.32. The van der Waals surface area contributed by atoms with E-state index in [1.165, 1.54) is 11.0 Å². The fraction of sp³-hybridized carbons (Fsp3) is 0.391. The fourth-order valence-corrected chi connectivity index (χ4v) is 4.63. The smallest absolute Gasteiger partial charge is 0.266 e. The molecule has 0 unspecified atom stereocenters. The third-order valence-electron chi connectivity index (χ3n) is 5.30. The molecule has 0 atom stereocenters. The standard InChI is InChI=1S/C23H25F2N3O4S.ClH/c1-30-17-4-2-5-18(14-17)32-15-21(29)28(7-3-6-27-8-10-31-11-9-27)23-26-22-19(25)12-16(24)13-20(22)33-23;/h2,4-5,12-14H,3,6-11,15H2,1H3;1H. The lowest BCUT2D eigenvalue weighted by molar-refractivity contribution is -0.120. The number of carbonyl (C=O) groups is 1. The molecule has 0 N–H and O–H groups in total. The van der Waals surface area contributed by atoms with E-state index >= 15 is 0 Å². The van der Waals surface area contributed by atoms with Gasteiger partial charge in [-0.25, -0.2) is 13.8 Å². The molecule has 184 valence electrons. The number of rotatable bonds is 9. The van der Waals surface area contributed by atoms with E-state index in [-0.39, 0.29) is 30.4 Å². The predicted octanol–water partition coefficient (Wildman–Crippen LogP) is 4.14. The summed E-state index contributed by atoms with van der Waals surface area (Å²) in [5.74, 6) is -0.637. The second-order valence-electron chi connectivity index (χ2n) is 7.55. The molecule has 2 heterocycles. The average Bonchev–Trinajstić information content (AvgIpc) is 3.25. The van der Waals surface area contributed by atoms with Crippen LogP contribution in [0.5, 0.6) is 11.5 Å². The number of amides is 1. The van der Waals surface area contributed by atoms with Crippen molar-refractivity contribution in [2.24, 2.45) is 0 Å². The molecule has 0 spiro atoms. The van der Waals surface area contributed by atoms with Gasteiger partial charge in [-0.3, -0.25) is 14.6 Å². The Morgan fingerprint density at radius 2 is 1.97 bits per heavy atom. The van der Waals surface area contributed by atoms with Gasteiger partial charge in [0, 0.05) is 38.3 Å². The number of benzene rings is 2. The topological polar surface area (TPSA) is 64.1 Å². The van der Waals surface area contributed by atoms with Crippen LogP contribution in [0.2, 0.25) is 0 Å². The highest BCUT2D eigenvalue weighted by Gasteiger charge is 2.22. The summed E-state index contributed by atoms with van der Waals surface area (Å²) in [4.78, 5) is 21.2. The molecule has 34 heavy (non-hydrogen) atoms. The molecule has 1 amide bonds. The molecule has 1 fully saturated rings. The van der Waals surface area contributed by atoms with Gasteiger partial charge in [0.2, 0.25) is 0 Å². The third kappa shape index (κ3) is 6.53. The SMILES string of the molecule is COc1cccc(OCC(=O)N(CCCN2CCOCC2)c2nc3c(F)cc(F)cc3s2)c1.Cl. The number of anilines is 1. The van der Waals surface area contributed by atoms with E-state index in [4.69, 9.17) is 14.2 Å². The van der Waals surface area contributed by atoms with Crippen molar-refractivity contribution in [3.05, 3.63) is 48.0 Å². The van der Waals surface area contributed by atoms with Crippen LogP contribution in [0.15, 0.2) is 36.4 Å². The van der Waals surface area contributed by atoms with E-state index in [2.05, 4.69) is 9.88 Å². The highest BCUT2D eigenvalue weighted by molar-refractivity contribution is 7.22. The number of halogens is 3. The highest BCUT2D eigenvalue weighted by Crippen LogP contribution is 2.31. The van der Waals surface area contributed by atoms with Gasteiger partial charge in [0.25, 0.3) is 5.91 Å². The average molecular weight is 514 g/mol. The molecule has 2 aromatic carbocycles. The summed E-state index contributed by atoms with van der Waals surface area (Å²) >= 11 is 1.08. The minimum Gasteiger partial charge on any atom is -0.497 e. The summed E-state index contributed by atoms with van der Waals surface area (Å²) in [6, 6.07) is 8.98. The van der Waals surface area contributed by atoms with Gasteiger partial charge >= 0.3 is 0 Å². The quantitative estimate of drug-likeness (QED) is 0.428. The number of ether oxygens (including phenoxy) is 3. The Balaban J connectivity index is 0.00000324. The lowest BCUT2D eigenvalue weighted by Gasteiger charge is -2.27. The van der Waals surface area contributed by atoms with Gasteiger partial charge in [-0.05, 0) is 24.6 Å². The molecule has 1 aliphatic rings. The van der Waals surface area contributed by atoms with Crippen molar-refractivity contribution < 1.29 is 27.8 Å². The van der Waals surface area contributed by atoms with Crippen LogP contribution < -0.4 is 14.4 Å². The lowest BCUT2D eigenvalue weighted by atomic mass is 10.3. The van der Waals surface area contributed by atoms with Crippen LogP contribution in [-0.4, -0.2) is 68.9 Å². The van der Waals surface area contributed by atoms with Crippen molar-refractivity contribution in [2.75, 3.05) is 58.0 Å². The van der Waals surface area contributed by atoms with Gasteiger partial charge in [0.15, 0.2) is 17.6 Å². The number of hydrogen-bond donors (Lipinski definition) is 0. The Morgan fingerprint density at radius 3 is 2.74 bits per heavy atom. The summed E-state index contributed by atoms with van der Waals surface area (Å²) in [5.41, 5.74) is 0.0519. The van der Waals surface area contributed by atoms with Gasteiger partial charge < -0.3 is 14.2 Å². The maximum absolute atomic E-state index is 14.2. The number of morpholine rings is 1. The van der Waals surface area contributed by atoms with Crippen LogP contribution in [0.1, 0.15) is 6.42 Å². The minimum absolute atomic E-state index is 0. The van der Waals surface area contributed by atoms with E-state index in [1.54, 1.807) is 31.4 Å². The van der Waals surface area contributed by atoms with Gasteiger partial charge in [0.05, 0.1) is 25.0 Å². The molecular formula is C23H26ClF2N3O4S. The Kier molecular flexibility index (Phi) is 9.40. The summed E-state index contributed by atoms with van der Waals surface area (Å²) in [6.07, 6.45) is 0.692. The molecule has 7 nitrogen and oxygen atoms in total. The van der Waals surface area contributed by atoms with Crippen molar-refractivity contribution >= 4 is 45.0 Å². The molecule has 11 heteroatoms. The van der Waals surface area contributed by atoms with Gasteiger partial charge in [-0.1, -0.05) is 17.4 Å². The largest absolute Gasteiger partial charge is 0.497 e. The second-order valence-corrected chi connectivity index (χ2v) is 8.56. The Morgan fingerprint density at radius 1 is 1.21 bits per heavy atom. The maximum Gasteiger partial charge on any atom is 0.266 e. The molecule has 1 aliphatic heterocycles. The Bertz CT molecular complexity index is 1110. The molecule has 3 aromatic rings. The van der Waals surface area contributed by atoms with Crippen LogP contribution >= 0.6 is 23.7 Å². The molecular weight excluding hydrogens is 488 g/mol. The van der Waals surface area contributed by atoms with Crippen LogP contribution in [0.3, 0.4) is 0 Å². The summed E-state index contributed by atoms with van der Waals surface area (Å²) in [6.45, 7) is 4.02. The second kappa shape index (κ2) is 12.3. The van der Waals surface area contributed by atoms with Gasteiger partial charge in [-0.2, -0.15) is 0 Å². The van der Waals surface area contributed by atoms with Crippen LogP contribution in [-0.2, 0) is 9.53 Å². The maximum atomic E-state index is 14.2. The number of carbonyl (C=O) groups excluding carboxylic acids is 1. The number of nitrogens with zero attached hydrogens (tertiary/aromatic N) is 3. The summed E-state index contributed by atoms with van der Waals surface area (Å²) in [5, 5.41) is 0.315. The van der Waals surface area contributed by atoms with E-state index in [0.717, 1.165) is 37.0 Å². The summed E-state index contributed by atoms with van der Waals surface area (Å²) in [7, 11) is 1.55. The van der Waals surface area contributed by atoms with Crippen LogP contribution in [0.25, 0.3) is 10.2 Å². The van der Waals surface area contributed by atoms with Crippen molar-refractivity contribution in [1.82, 2.24) is 9.88 Å². The monoisotopic (exact) mass is 513 g/mol. The lowest BCUT2D eigenvalue weighted by Crippen LogP contribution is -2.40. The predicted molar refractivity (Wildman–Crippen MR) is 130 cm³/mol. The first-order valence-electron chi connectivity index (χ1n) is 10.7. The first kappa shape index (κ1) is 26.1. The number of fused-ring (bicyclic) bond motifs is 1. The van der Waals surface area contributed by atoms with Crippen LogP contribution in [0, 0.1) is 11.6 Å². The Labute approximate surface area is 206 Å². The van der Waals surface area contributed by atoms with E-state index < -0.39 is 11.6 Å². The van der Waals surface area contributed by atoms with E-state index in [1.807, 2.05) is 0 Å². The normalized spacial score (nSPS) is 14.0. The zero-order valence-electron chi connectivity index (χ0n) is 18.7. The molecule has 0 bridgehead atoms. The van der Waals surface area contributed by atoms with Gasteiger partial charge in [-0.15, -0.1) is 12.4 Å². The molecule has 1 saturated heterocycles. The summed E-state index contributed by atoms with van der Waals surface area (Å²) < 4.78 is 44.4. The molecule has 0 radical (unpaired) electrons. The number of hydrogen-bond acceptors (Lipinski definition) is 7. The number of methoxy groups -OCH3 is 1. The van der Waals surface area contributed by atoms with Crippen molar-refractivity contribution in [3.8, 4) is 11.5 Å². The van der Waals surface area contributed by atoms with Gasteiger partial charge in [0.1, 0.15) is 22.8 Å². The van der Waals surface area contributed by atoms with Crippen molar-refractivity contribution in [2.45, 2.75) is 6.42 Å². The molecule has 1 aromatic heterocycles.